The van der Waals surface area contributed by atoms with Crippen LogP contribution < -0.4 is 16.2 Å². The maximum atomic E-state index is 13.4. The zero-order valence-corrected chi connectivity index (χ0v) is 26.5. The lowest BCUT2D eigenvalue weighted by Crippen LogP contribution is -2.38. The van der Waals surface area contributed by atoms with Crippen molar-refractivity contribution < 1.29 is 14.0 Å². The van der Waals surface area contributed by atoms with Gasteiger partial charge in [0.2, 0.25) is 17.5 Å². The van der Waals surface area contributed by atoms with Gasteiger partial charge in [-0.05, 0) is 90.3 Å². The molecule has 13 heteroatoms. The number of likely N-dealkylation sites (N-methyl/N-ethyl adjacent to an activating group) is 1. The fourth-order valence-corrected chi connectivity index (χ4v) is 9.61. The molecule has 4 aromatic heterocycles. The van der Waals surface area contributed by atoms with Gasteiger partial charge in [0.05, 0.1) is 23.9 Å². The second kappa shape index (κ2) is 11.0. The van der Waals surface area contributed by atoms with Gasteiger partial charge in [0.1, 0.15) is 22.7 Å². The number of aromatic nitrogens is 5. The van der Waals surface area contributed by atoms with Crippen LogP contribution in [0.15, 0.2) is 9.32 Å². The normalized spacial score (nSPS) is 25.7. The Morgan fingerprint density at radius 2 is 2.04 bits per heavy atom. The van der Waals surface area contributed by atoms with Crippen molar-refractivity contribution in [3.05, 3.63) is 37.7 Å². The molecule has 8 rings (SSSR count). The van der Waals surface area contributed by atoms with Crippen molar-refractivity contribution >= 4 is 27.5 Å². The molecule has 6 heterocycles. The second-order valence-electron chi connectivity index (χ2n) is 13.1. The number of H-pyrrole nitrogens is 1. The van der Waals surface area contributed by atoms with Gasteiger partial charge >= 0.3 is 5.69 Å². The van der Waals surface area contributed by atoms with Gasteiger partial charge in [-0.3, -0.25) is 14.5 Å². The number of fused-ring (bicyclic) bond motifs is 5. The minimum Gasteiger partial charge on any atom is -0.471 e. The monoisotopic (exact) mass is 630 g/mol. The van der Waals surface area contributed by atoms with Gasteiger partial charge in [-0.2, -0.15) is 10.2 Å². The number of hydrogen-bond donors (Lipinski definition) is 2. The molecule has 2 aliphatic carbocycles. The highest BCUT2D eigenvalue weighted by Gasteiger charge is 2.48. The predicted molar refractivity (Wildman–Crippen MR) is 169 cm³/mol. The van der Waals surface area contributed by atoms with E-state index in [1.54, 1.807) is 4.57 Å². The van der Waals surface area contributed by atoms with E-state index in [-0.39, 0.29) is 23.9 Å². The number of nitriles is 1. The summed E-state index contributed by atoms with van der Waals surface area (Å²) in [6, 6.07) is 2.49. The van der Waals surface area contributed by atoms with Crippen LogP contribution in [0, 0.1) is 11.3 Å². The average Bonchev–Trinajstić information content (AvgIpc) is 3.82. The van der Waals surface area contributed by atoms with Gasteiger partial charge in [-0.1, -0.05) is 5.16 Å². The molecular weight excluding hydrogens is 592 g/mol. The molecule has 236 valence electrons. The van der Waals surface area contributed by atoms with E-state index in [2.05, 4.69) is 29.9 Å². The summed E-state index contributed by atoms with van der Waals surface area (Å²) >= 11 is 1.53. The Labute approximate surface area is 264 Å². The number of nitrogens with two attached hydrogens (primary N) is 1. The lowest BCUT2D eigenvalue weighted by Gasteiger charge is -2.39. The van der Waals surface area contributed by atoms with E-state index in [4.69, 9.17) is 34.9 Å². The van der Waals surface area contributed by atoms with Crippen LogP contribution in [0.4, 0.5) is 5.00 Å². The molecule has 4 atom stereocenters. The summed E-state index contributed by atoms with van der Waals surface area (Å²) in [7, 11) is 2.12. The molecule has 45 heavy (non-hydrogen) atoms. The quantitative estimate of drug-likeness (QED) is 0.322. The summed E-state index contributed by atoms with van der Waals surface area (Å²) < 4.78 is 20.2. The van der Waals surface area contributed by atoms with E-state index in [0.29, 0.717) is 52.4 Å². The molecule has 12 nitrogen and oxygen atoms in total. The fraction of sp³-hybridized carbons (Fsp3) is 0.594. The molecule has 4 aromatic rings. The Kier molecular flexibility index (Phi) is 7.00. The first-order chi connectivity index (χ1) is 21.9. The first-order valence-corrected chi connectivity index (χ1v) is 17.0. The van der Waals surface area contributed by atoms with Crippen LogP contribution in [0.2, 0.25) is 0 Å². The number of aromatic amines is 1. The number of ether oxygens (including phenoxy) is 2. The molecule has 2 saturated heterocycles. The number of nitrogens with one attached hydrogen (secondary N) is 1. The maximum Gasteiger partial charge on any atom is 0.328 e. The van der Waals surface area contributed by atoms with E-state index < -0.39 is 5.41 Å². The Bertz CT molecular complexity index is 1870. The van der Waals surface area contributed by atoms with Crippen molar-refractivity contribution in [1.29, 1.82) is 5.26 Å². The molecule has 2 fully saturated rings. The van der Waals surface area contributed by atoms with Crippen LogP contribution in [0.25, 0.3) is 22.7 Å². The molecule has 0 amide bonds. The van der Waals surface area contributed by atoms with Crippen LogP contribution >= 0.6 is 11.3 Å². The van der Waals surface area contributed by atoms with E-state index in [0.717, 1.165) is 87.6 Å². The Morgan fingerprint density at radius 1 is 1.20 bits per heavy atom. The van der Waals surface area contributed by atoms with Crippen molar-refractivity contribution in [3.8, 4) is 23.5 Å². The topological polar surface area (TPSA) is 161 Å². The summed E-state index contributed by atoms with van der Waals surface area (Å²) in [4.78, 5) is 29.9. The zero-order chi connectivity index (χ0) is 30.9. The van der Waals surface area contributed by atoms with Gasteiger partial charge in [0, 0.05) is 28.5 Å². The third kappa shape index (κ3) is 4.44. The Morgan fingerprint density at radius 3 is 2.80 bits per heavy atom. The number of aryl methyl sites for hydroxylation is 1. The number of nitrogen functional groups attached to an aromatic ring is 1. The number of anilines is 1. The molecule has 1 spiro atoms. The smallest absolute Gasteiger partial charge is 0.328 e. The molecular formula is C32H38N8O4S. The van der Waals surface area contributed by atoms with Gasteiger partial charge in [-0.25, -0.2) is 9.78 Å². The average molecular weight is 631 g/mol. The minimum atomic E-state index is -0.428. The van der Waals surface area contributed by atoms with Gasteiger partial charge in [-0.15, -0.1) is 11.3 Å². The highest BCUT2D eigenvalue weighted by Crippen LogP contribution is 2.54. The van der Waals surface area contributed by atoms with Crippen LogP contribution in [0.1, 0.15) is 91.6 Å². The van der Waals surface area contributed by atoms with Gasteiger partial charge in [0.15, 0.2) is 5.65 Å². The van der Waals surface area contributed by atoms with E-state index >= 15 is 0 Å². The zero-order valence-electron chi connectivity index (χ0n) is 25.7. The highest BCUT2D eigenvalue weighted by molar-refractivity contribution is 7.16. The van der Waals surface area contributed by atoms with Crippen molar-refractivity contribution in [3.63, 3.8) is 0 Å². The molecule has 0 bridgehead atoms. The number of thiophene rings is 1. The summed E-state index contributed by atoms with van der Waals surface area (Å²) in [5, 5.41) is 15.4. The first-order valence-electron chi connectivity index (χ1n) is 16.2. The standard InChI is InChI=1S/C32H38N8O4S/c1-17(21-9-5-13-39(21)2)43-30-24-29(40(31(41)35-24)18-7-6-14-42-16-18)36-28(37-30)25-19-8-3-11-32(26(19)38-44-25)12-4-10-22-23(32)20(15-33)27(34)45-22/h17-18,21H,3-14,16,34H2,1-2H3,(H,35,41)/t17-,18+,21-,32-/m0/s1. The molecule has 0 saturated carbocycles. The van der Waals surface area contributed by atoms with Crippen LogP contribution in [-0.2, 0) is 23.0 Å². The number of imidazole rings is 1. The number of rotatable bonds is 5. The van der Waals surface area contributed by atoms with E-state index in [9.17, 15) is 10.1 Å². The summed E-state index contributed by atoms with van der Waals surface area (Å²) in [5.74, 6) is 1.18. The third-order valence-electron chi connectivity index (χ3n) is 10.5. The Balaban J connectivity index is 1.28. The molecule has 4 aliphatic rings. The van der Waals surface area contributed by atoms with E-state index in [1.165, 1.54) is 16.2 Å². The van der Waals surface area contributed by atoms with Crippen molar-refractivity contribution in [1.82, 2.24) is 29.6 Å². The first kappa shape index (κ1) is 28.7. The second-order valence-corrected chi connectivity index (χ2v) is 14.3. The number of nitrogens with zero attached hydrogens (tertiary/aromatic N) is 6. The van der Waals surface area contributed by atoms with Crippen molar-refractivity contribution in [2.24, 2.45) is 0 Å². The SMILES string of the molecule is C[C@H](Oc1nc(-c2onc3c2CCC[C@@]32CCCc3sc(N)c(C#N)c32)nc2c1[nH]c(=O)n2[C@@H]1CCCOC1)[C@@H]1CCCN1C. The fourth-order valence-electron chi connectivity index (χ4n) is 8.44. The molecule has 0 radical (unpaired) electrons. The van der Waals surface area contributed by atoms with Gasteiger partial charge in [0.25, 0.3) is 0 Å². The van der Waals surface area contributed by atoms with Gasteiger partial charge < -0.3 is 19.7 Å². The predicted octanol–water partition coefficient (Wildman–Crippen LogP) is 4.46. The van der Waals surface area contributed by atoms with Crippen molar-refractivity contribution in [2.45, 2.75) is 94.7 Å². The number of likely N-dealkylation sites (tertiary alicyclic amines) is 1. The Hall–Kier alpha value is -3.73. The largest absolute Gasteiger partial charge is 0.471 e. The highest BCUT2D eigenvalue weighted by atomic mass is 32.1. The molecule has 0 unspecified atom stereocenters. The lowest BCUT2D eigenvalue weighted by molar-refractivity contribution is 0.0593. The summed E-state index contributed by atoms with van der Waals surface area (Å²) in [6.45, 7) is 4.21. The van der Waals surface area contributed by atoms with Crippen LogP contribution in [-0.4, -0.2) is 68.5 Å². The molecule has 3 N–H and O–H groups in total. The third-order valence-corrected chi connectivity index (χ3v) is 11.6. The van der Waals surface area contributed by atoms with Crippen LogP contribution in [0.5, 0.6) is 5.88 Å². The summed E-state index contributed by atoms with van der Waals surface area (Å²) in [6.07, 6.45) is 9.01. The molecule has 0 aromatic carbocycles. The summed E-state index contributed by atoms with van der Waals surface area (Å²) in [5.41, 5.74) is 10.1. The minimum absolute atomic E-state index is 0.144. The maximum absolute atomic E-state index is 13.4. The molecule has 2 aliphatic heterocycles. The van der Waals surface area contributed by atoms with Crippen molar-refractivity contribution in [2.75, 3.05) is 32.5 Å². The van der Waals surface area contributed by atoms with E-state index in [1.807, 2.05) is 0 Å². The number of hydrogen-bond acceptors (Lipinski definition) is 11. The van der Waals surface area contributed by atoms with Crippen LogP contribution in [0.3, 0.4) is 0 Å². The lowest BCUT2D eigenvalue weighted by atomic mass is 9.62.